The molecule has 0 unspecified atom stereocenters. The van der Waals surface area contributed by atoms with Gasteiger partial charge in [-0.15, -0.1) is 0 Å². The van der Waals surface area contributed by atoms with Crippen LogP contribution in [0, 0.1) is 11.3 Å². The van der Waals surface area contributed by atoms with E-state index in [1.165, 1.54) is 0 Å². The minimum Gasteiger partial charge on any atom is -0.366 e. The Morgan fingerprint density at radius 1 is 1.00 bits per heavy atom. The van der Waals surface area contributed by atoms with Crippen LogP contribution in [-0.2, 0) is 0 Å². The average Bonchev–Trinajstić information content (AvgIpc) is 2.68. The highest BCUT2D eigenvalue weighted by atomic mass is 79.9. The summed E-state index contributed by atoms with van der Waals surface area (Å²) in [4.78, 5) is 13.4. The Hall–Kier alpha value is -2.36. The van der Waals surface area contributed by atoms with Gasteiger partial charge in [0.25, 0.3) is 0 Å². The maximum absolute atomic E-state index is 9.56. The maximum Gasteiger partial charge on any atom is 0.128 e. The Morgan fingerprint density at radius 3 is 2.46 bits per heavy atom. The molecule has 0 radical (unpaired) electrons. The molecule has 0 bridgehead atoms. The van der Waals surface area contributed by atoms with Crippen molar-refractivity contribution in [2.75, 3.05) is 36.0 Å². The quantitative estimate of drug-likeness (QED) is 0.611. The molecule has 0 N–H and O–H groups in total. The minimum absolute atomic E-state index is 0.579. The molecular weight excluding hydrogens is 414 g/mol. The van der Waals surface area contributed by atoms with Crippen molar-refractivity contribution < 1.29 is 0 Å². The van der Waals surface area contributed by atoms with Crippen LogP contribution in [0.25, 0.3) is 10.9 Å². The molecule has 1 aliphatic heterocycles. The van der Waals surface area contributed by atoms with Gasteiger partial charge in [-0.25, -0.2) is 4.98 Å². The first kappa shape index (κ1) is 17.1. The number of rotatable bonds is 2. The average molecular weight is 429 g/mol. The predicted octanol–water partition coefficient (Wildman–Crippen LogP) is 4.24. The molecule has 5 nitrogen and oxygen atoms in total. The molecule has 7 heteroatoms. The lowest BCUT2D eigenvalue weighted by Crippen LogP contribution is -2.47. The molecule has 4 rings (SSSR count). The van der Waals surface area contributed by atoms with Gasteiger partial charge in [-0.2, -0.15) is 5.26 Å². The Balaban J connectivity index is 1.64. The van der Waals surface area contributed by atoms with E-state index < -0.39 is 0 Å². The third-order valence-corrected chi connectivity index (χ3v) is 5.26. The molecule has 0 aliphatic carbocycles. The van der Waals surface area contributed by atoms with Gasteiger partial charge in [0.1, 0.15) is 11.9 Å². The molecule has 0 atom stereocenters. The van der Waals surface area contributed by atoms with Gasteiger partial charge in [-0.1, -0.05) is 11.6 Å². The molecule has 0 spiro atoms. The number of piperazine rings is 1. The number of nitrogens with zero attached hydrogens (tertiary/aromatic N) is 5. The largest absolute Gasteiger partial charge is 0.366 e. The summed E-state index contributed by atoms with van der Waals surface area (Å²) in [6.45, 7) is 3.28. The number of halogens is 2. The van der Waals surface area contributed by atoms with E-state index in [2.05, 4.69) is 41.8 Å². The van der Waals surface area contributed by atoms with Crippen molar-refractivity contribution in [3.63, 3.8) is 0 Å². The molecular formula is C19H15BrClN5. The van der Waals surface area contributed by atoms with Crippen LogP contribution in [0.5, 0.6) is 0 Å². The second-order valence-corrected chi connectivity index (χ2v) is 7.45. The van der Waals surface area contributed by atoms with Gasteiger partial charge in [-0.05, 0) is 46.3 Å². The highest BCUT2D eigenvalue weighted by Gasteiger charge is 2.22. The second kappa shape index (κ2) is 7.10. The molecule has 2 aromatic heterocycles. The number of hydrogen-bond acceptors (Lipinski definition) is 5. The summed E-state index contributed by atoms with van der Waals surface area (Å²) >= 11 is 9.61. The van der Waals surface area contributed by atoms with Gasteiger partial charge < -0.3 is 9.80 Å². The van der Waals surface area contributed by atoms with Gasteiger partial charge in [0.05, 0.1) is 16.8 Å². The topological polar surface area (TPSA) is 56.1 Å². The molecule has 3 heterocycles. The first-order valence-electron chi connectivity index (χ1n) is 8.25. The minimum atomic E-state index is 0.579. The highest BCUT2D eigenvalue weighted by molar-refractivity contribution is 9.10. The predicted molar refractivity (Wildman–Crippen MR) is 108 cm³/mol. The number of hydrogen-bond donors (Lipinski definition) is 0. The van der Waals surface area contributed by atoms with Crippen molar-refractivity contribution in [1.29, 1.82) is 5.26 Å². The van der Waals surface area contributed by atoms with Gasteiger partial charge >= 0.3 is 0 Å². The lowest BCUT2D eigenvalue weighted by atomic mass is 10.1. The monoisotopic (exact) mass is 427 g/mol. The van der Waals surface area contributed by atoms with Crippen molar-refractivity contribution >= 4 is 49.9 Å². The van der Waals surface area contributed by atoms with Gasteiger partial charge in [0.15, 0.2) is 0 Å². The highest BCUT2D eigenvalue weighted by Crippen LogP contribution is 2.32. The first-order valence-corrected chi connectivity index (χ1v) is 9.42. The van der Waals surface area contributed by atoms with Crippen molar-refractivity contribution in [2.24, 2.45) is 0 Å². The fourth-order valence-corrected chi connectivity index (χ4v) is 3.69. The third-order valence-electron chi connectivity index (χ3n) is 4.55. The molecule has 1 aliphatic rings. The van der Waals surface area contributed by atoms with Crippen LogP contribution in [0.2, 0.25) is 5.02 Å². The van der Waals surface area contributed by atoms with Crippen LogP contribution in [-0.4, -0.2) is 36.1 Å². The standard InChI is InChI=1S/C19H15BrClN5/c20-14-1-4-18(24-12-14)25-5-7-26(8-6-25)19-13(10-22)11-23-17-3-2-15(21)9-16(17)19/h1-4,9,11-12H,5-8H2. The Kier molecular flexibility index (Phi) is 4.66. The zero-order valence-corrected chi connectivity index (χ0v) is 16.2. The smallest absolute Gasteiger partial charge is 0.128 e. The number of pyridine rings is 2. The van der Waals surface area contributed by atoms with E-state index in [0.29, 0.717) is 10.6 Å². The van der Waals surface area contributed by atoms with Crippen LogP contribution >= 0.6 is 27.5 Å². The van der Waals surface area contributed by atoms with Crippen molar-refractivity contribution in [3.05, 3.63) is 57.8 Å². The first-order chi connectivity index (χ1) is 12.7. The van der Waals surface area contributed by atoms with E-state index in [1.807, 2.05) is 36.5 Å². The summed E-state index contributed by atoms with van der Waals surface area (Å²) in [5.74, 6) is 0.969. The van der Waals surface area contributed by atoms with E-state index in [9.17, 15) is 5.26 Å². The second-order valence-electron chi connectivity index (χ2n) is 6.10. The molecule has 26 heavy (non-hydrogen) atoms. The van der Waals surface area contributed by atoms with Crippen molar-refractivity contribution in [1.82, 2.24) is 9.97 Å². The molecule has 130 valence electrons. The summed E-state index contributed by atoms with van der Waals surface area (Å²) in [5.41, 5.74) is 2.35. The maximum atomic E-state index is 9.56. The van der Waals surface area contributed by atoms with E-state index in [-0.39, 0.29) is 0 Å². The zero-order valence-electron chi connectivity index (χ0n) is 13.9. The van der Waals surface area contributed by atoms with Crippen LogP contribution < -0.4 is 9.80 Å². The molecule has 3 aromatic rings. The van der Waals surface area contributed by atoms with Crippen molar-refractivity contribution in [2.45, 2.75) is 0 Å². The molecule has 0 amide bonds. The number of aromatic nitrogens is 2. The van der Waals surface area contributed by atoms with Crippen LogP contribution in [0.15, 0.2) is 47.2 Å². The summed E-state index contributed by atoms with van der Waals surface area (Å²) in [6, 6.07) is 11.9. The normalized spacial score (nSPS) is 14.5. The van der Waals surface area contributed by atoms with E-state index in [0.717, 1.165) is 53.1 Å². The Labute approximate surface area is 165 Å². The summed E-state index contributed by atoms with van der Waals surface area (Å²) in [5, 5.41) is 11.1. The molecule has 1 fully saturated rings. The SMILES string of the molecule is N#Cc1cnc2ccc(Cl)cc2c1N1CCN(c2ccc(Br)cn2)CC1. The lowest BCUT2D eigenvalue weighted by Gasteiger charge is -2.37. The molecule has 1 saturated heterocycles. The van der Waals surface area contributed by atoms with Gasteiger partial charge in [0, 0.05) is 53.5 Å². The van der Waals surface area contributed by atoms with Gasteiger partial charge in [-0.3, -0.25) is 4.98 Å². The van der Waals surface area contributed by atoms with E-state index >= 15 is 0 Å². The van der Waals surface area contributed by atoms with Gasteiger partial charge in [0.2, 0.25) is 0 Å². The Morgan fingerprint density at radius 2 is 1.77 bits per heavy atom. The summed E-state index contributed by atoms with van der Waals surface area (Å²) in [7, 11) is 0. The zero-order chi connectivity index (χ0) is 18.1. The van der Waals surface area contributed by atoms with E-state index in [4.69, 9.17) is 11.6 Å². The Bertz CT molecular complexity index is 991. The molecule has 1 aromatic carbocycles. The fourth-order valence-electron chi connectivity index (χ4n) is 3.29. The summed E-state index contributed by atoms with van der Waals surface area (Å²) in [6.07, 6.45) is 3.46. The number of fused-ring (bicyclic) bond motifs is 1. The van der Waals surface area contributed by atoms with Crippen molar-refractivity contribution in [3.8, 4) is 6.07 Å². The third kappa shape index (κ3) is 3.20. The number of nitriles is 1. The fraction of sp³-hybridized carbons (Fsp3) is 0.211. The van der Waals surface area contributed by atoms with Crippen LogP contribution in [0.4, 0.5) is 11.5 Å². The number of anilines is 2. The number of benzene rings is 1. The molecule has 0 saturated carbocycles. The van der Waals surface area contributed by atoms with Crippen LogP contribution in [0.1, 0.15) is 5.56 Å². The lowest BCUT2D eigenvalue weighted by molar-refractivity contribution is 0.648. The van der Waals surface area contributed by atoms with E-state index in [1.54, 1.807) is 6.20 Å². The van der Waals surface area contributed by atoms with Crippen LogP contribution in [0.3, 0.4) is 0 Å². The summed E-state index contributed by atoms with van der Waals surface area (Å²) < 4.78 is 0.971.